The summed E-state index contributed by atoms with van der Waals surface area (Å²) in [5, 5.41) is 11.0. The van der Waals surface area contributed by atoms with Crippen LogP contribution >= 0.6 is 22.6 Å². The zero-order valence-electron chi connectivity index (χ0n) is 12.4. The van der Waals surface area contributed by atoms with Crippen molar-refractivity contribution in [1.82, 2.24) is 9.97 Å². The number of aromatic nitrogens is 2. The Morgan fingerprint density at radius 1 is 1.21 bits per heavy atom. The van der Waals surface area contributed by atoms with Crippen LogP contribution in [0.4, 0.5) is 5.69 Å². The van der Waals surface area contributed by atoms with Crippen LogP contribution < -0.4 is 0 Å². The predicted molar refractivity (Wildman–Crippen MR) is 102 cm³/mol. The zero-order chi connectivity index (χ0) is 16.5. The van der Waals surface area contributed by atoms with Crippen molar-refractivity contribution in [1.29, 1.82) is 0 Å². The maximum Gasteiger partial charge on any atom is 0.199 e. The summed E-state index contributed by atoms with van der Waals surface area (Å²) in [6, 6.07) is 13.4. The Balaban J connectivity index is 1.77. The van der Waals surface area contributed by atoms with Gasteiger partial charge in [-0.3, -0.25) is 4.99 Å². The first-order chi connectivity index (χ1) is 11.7. The minimum absolute atomic E-state index is 0.0448. The maximum absolute atomic E-state index is 10.2. The number of benzene rings is 1. The number of halogens is 1. The van der Waals surface area contributed by atoms with Gasteiger partial charge in [0.15, 0.2) is 5.88 Å². The molecule has 3 heterocycles. The van der Waals surface area contributed by atoms with Gasteiger partial charge in [0.2, 0.25) is 0 Å². The van der Waals surface area contributed by atoms with Crippen molar-refractivity contribution in [2.45, 2.75) is 0 Å². The van der Waals surface area contributed by atoms with E-state index in [4.69, 9.17) is 4.42 Å². The Morgan fingerprint density at radius 2 is 2.04 bits per heavy atom. The molecule has 0 bridgehead atoms. The van der Waals surface area contributed by atoms with Gasteiger partial charge < -0.3 is 14.5 Å². The number of furan rings is 1. The summed E-state index contributed by atoms with van der Waals surface area (Å²) < 4.78 is 6.56. The molecular weight excluding hydrogens is 417 g/mol. The first kappa shape index (κ1) is 14.9. The van der Waals surface area contributed by atoms with Gasteiger partial charge >= 0.3 is 0 Å². The molecule has 1 aromatic carbocycles. The van der Waals surface area contributed by atoms with Crippen LogP contribution in [0.15, 0.2) is 64.3 Å². The normalized spacial score (nSPS) is 11.5. The molecule has 0 saturated heterocycles. The van der Waals surface area contributed by atoms with Crippen molar-refractivity contribution in [3.63, 3.8) is 0 Å². The molecule has 0 spiro atoms. The highest BCUT2D eigenvalue weighted by Gasteiger charge is 2.12. The molecule has 0 unspecified atom stereocenters. The molecule has 0 aliphatic carbocycles. The van der Waals surface area contributed by atoms with Crippen LogP contribution in [0.5, 0.6) is 5.88 Å². The van der Waals surface area contributed by atoms with Crippen LogP contribution in [0, 0.1) is 3.57 Å². The highest BCUT2D eigenvalue weighted by Crippen LogP contribution is 2.29. The molecule has 24 heavy (non-hydrogen) atoms. The van der Waals surface area contributed by atoms with Gasteiger partial charge in [0.1, 0.15) is 11.4 Å². The van der Waals surface area contributed by atoms with Crippen molar-refractivity contribution >= 4 is 45.5 Å². The Labute approximate surface area is 151 Å². The second-order valence-electron chi connectivity index (χ2n) is 5.22. The van der Waals surface area contributed by atoms with Crippen molar-refractivity contribution < 1.29 is 9.52 Å². The quantitative estimate of drug-likeness (QED) is 0.360. The molecule has 0 radical (unpaired) electrons. The lowest BCUT2D eigenvalue weighted by Crippen LogP contribution is -1.82. The maximum atomic E-state index is 10.2. The highest BCUT2D eigenvalue weighted by atomic mass is 127. The second kappa shape index (κ2) is 6.12. The van der Waals surface area contributed by atoms with Crippen molar-refractivity contribution in [3.05, 3.63) is 64.1 Å². The van der Waals surface area contributed by atoms with Crippen molar-refractivity contribution in [2.24, 2.45) is 4.99 Å². The van der Waals surface area contributed by atoms with Crippen molar-refractivity contribution in [2.75, 3.05) is 0 Å². The topological polar surface area (TPSA) is 74.4 Å². The molecule has 3 aromatic heterocycles. The van der Waals surface area contributed by atoms with E-state index in [0.29, 0.717) is 11.2 Å². The number of hydrogen-bond acceptors (Lipinski definition) is 4. The first-order valence-corrected chi connectivity index (χ1v) is 8.33. The Hall–Kier alpha value is -2.61. The van der Waals surface area contributed by atoms with Gasteiger partial charge in [0.05, 0.1) is 17.5 Å². The summed E-state index contributed by atoms with van der Waals surface area (Å²) >= 11 is 2.25. The number of nitrogens with one attached hydrogen (secondary N) is 1. The number of aromatic amines is 1. The van der Waals surface area contributed by atoms with E-state index in [-0.39, 0.29) is 5.88 Å². The minimum Gasteiger partial charge on any atom is -0.494 e. The summed E-state index contributed by atoms with van der Waals surface area (Å²) in [7, 11) is 0. The van der Waals surface area contributed by atoms with E-state index in [1.807, 2.05) is 42.5 Å². The number of rotatable bonds is 3. The number of fused-ring (bicyclic) bond motifs is 1. The Morgan fingerprint density at radius 3 is 2.79 bits per heavy atom. The molecule has 118 valence electrons. The van der Waals surface area contributed by atoms with Gasteiger partial charge in [-0.15, -0.1) is 0 Å². The zero-order valence-corrected chi connectivity index (χ0v) is 14.6. The fourth-order valence-corrected chi connectivity index (χ4v) is 2.81. The highest BCUT2D eigenvalue weighted by molar-refractivity contribution is 14.1. The lowest BCUT2D eigenvalue weighted by Gasteiger charge is -1.98. The number of hydrogen-bond donors (Lipinski definition) is 2. The van der Waals surface area contributed by atoms with Crippen LogP contribution in [-0.4, -0.2) is 21.3 Å². The lowest BCUT2D eigenvalue weighted by atomic mass is 10.1. The fraction of sp³-hybridized carbons (Fsp3) is 0. The smallest absolute Gasteiger partial charge is 0.199 e. The minimum atomic E-state index is 0.0448. The van der Waals surface area contributed by atoms with Crippen LogP contribution in [0.2, 0.25) is 0 Å². The van der Waals surface area contributed by atoms with Crippen LogP contribution in [-0.2, 0) is 0 Å². The summed E-state index contributed by atoms with van der Waals surface area (Å²) in [5.41, 5.74) is 2.87. The third-order valence-electron chi connectivity index (χ3n) is 3.64. The van der Waals surface area contributed by atoms with E-state index in [1.165, 1.54) is 0 Å². The molecular formula is C18H12IN3O2. The standard InChI is InChI=1S/C18H12IN3O2/c19-12-3-5-13(6-4-12)20-10-15-14-8-11(16-2-1-7-24-16)9-21-17(14)22-18(15)23/h1-10,23H,(H,21,22). The molecule has 6 heteroatoms. The van der Waals surface area contributed by atoms with Gasteiger partial charge in [0, 0.05) is 26.9 Å². The van der Waals surface area contributed by atoms with E-state index < -0.39 is 0 Å². The molecule has 5 nitrogen and oxygen atoms in total. The molecule has 0 fully saturated rings. The summed E-state index contributed by atoms with van der Waals surface area (Å²) in [5.74, 6) is 0.772. The summed E-state index contributed by atoms with van der Waals surface area (Å²) in [6.45, 7) is 0. The van der Waals surface area contributed by atoms with Gasteiger partial charge in [-0.2, -0.15) is 0 Å². The Kier molecular flexibility index (Phi) is 3.81. The predicted octanol–water partition coefficient (Wildman–Crippen LogP) is 4.88. The summed E-state index contributed by atoms with van der Waals surface area (Å²) in [4.78, 5) is 11.6. The monoisotopic (exact) mass is 429 g/mol. The van der Waals surface area contributed by atoms with E-state index in [9.17, 15) is 5.11 Å². The molecule has 2 N–H and O–H groups in total. The average Bonchev–Trinajstić information content (AvgIpc) is 3.21. The number of H-pyrrole nitrogens is 1. The molecule has 0 saturated carbocycles. The van der Waals surface area contributed by atoms with Crippen LogP contribution in [0.1, 0.15) is 5.56 Å². The number of aromatic hydroxyl groups is 1. The molecule has 0 aliphatic heterocycles. The first-order valence-electron chi connectivity index (χ1n) is 7.25. The van der Waals surface area contributed by atoms with Gasteiger partial charge in [0.25, 0.3) is 0 Å². The van der Waals surface area contributed by atoms with Gasteiger partial charge in [-0.1, -0.05) is 0 Å². The SMILES string of the molecule is Oc1[nH]c2ncc(-c3ccco3)cc2c1C=Nc1ccc(I)cc1. The third kappa shape index (κ3) is 2.80. The van der Waals surface area contributed by atoms with E-state index in [0.717, 1.165) is 26.0 Å². The molecule has 4 aromatic rings. The van der Waals surface area contributed by atoms with Gasteiger partial charge in [-0.05, 0) is 65.1 Å². The lowest BCUT2D eigenvalue weighted by molar-refractivity contribution is 0.457. The molecule has 0 aliphatic rings. The molecule has 0 atom stereocenters. The Bertz CT molecular complexity index is 1020. The van der Waals surface area contributed by atoms with Gasteiger partial charge in [-0.25, -0.2) is 4.98 Å². The summed E-state index contributed by atoms with van der Waals surface area (Å²) in [6.07, 6.45) is 4.97. The molecule has 4 rings (SSSR count). The van der Waals surface area contributed by atoms with E-state index in [2.05, 4.69) is 37.6 Å². The van der Waals surface area contributed by atoms with Crippen LogP contribution in [0.25, 0.3) is 22.4 Å². The average molecular weight is 429 g/mol. The van der Waals surface area contributed by atoms with Crippen LogP contribution in [0.3, 0.4) is 0 Å². The second-order valence-corrected chi connectivity index (χ2v) is 6.46. The van der Waals surface area contributed by atoms with E-state index in [1.54, 1.807) is 18.7 Å². The van der Waals surface area contributed by atoms with Crippen molar-refractivity contribution in [3.8, 4) is 17.2 Å². The third-order valence-corrected chi connectivity index (χ3v) is 4.36. The molecule has 0 amide bonds. The number of aliphatic imine (C=N–C) groups is 1. The number of nitrogens with zero attached hydrogens (tertiary/aromatic N) is 2. The fourth-order valence-electron chi connectivity index (χ4n) is 2.45. The largest absolute Gasteiger partial charge is 0.494 e. The number of pyridine rings is 1. The van der Waals surface area contributed by atoms with E-state index >= 15 is 0 Å².